The van der Waals surface area contributed by atoms with E-state index in [1.54, 1.807) is 36.4 Å². The number of hydrogen-bond donors (Lipinski definition) is 1. The van der Waals surface area contributed by atoms with E-state index in [0.717, 1.165) is 11.1 Å². The summed E-state index contributed by atoms with van der Waals surface area (Å²) >= 11 is 0. The Morgan fingerprint density at radius 1 is 1.05 bits per heavy atom. The normalized spacial score (nSPS) is 11.6. The van der Waals surface area contributed by atoms with Gasteiger partial charge in [0.2, 0.25) is 0 Å². The summed E-state index contributed by atoms with van der Waals surface area (Å²) in [6.45, 7) is 6.37. The molecule has 0 amide bonds. The summed E-state index contributed by atoms with van der Waals surface area (Å²) in [6, 6.07) is 14.1. The quantitative estimate of drug-likeness (QED) is 0.306. The van der Waals surface area contributed by atoms with Gasteiger partial charge < -0.3 is 9.94 Å². The molecular weight excluding hydrogens is 278 g/mol. The van der Waals surface area contributed by atoms with Crippen LogP contribution in [0.1, 0.15) is 42.3 Å². The Balaban J connectivity index is 2.08. The summed E-state index contributed by atoms with van der Waals surface area (Å²) in [5, 5.41) is 11.4. The number of hydrogen-bond acceptors (Lipinski definition) is 4. The SMILES string of the molecule is CC(C)(C)c1ccc(C(=O)Oc2ccc(/C=N/O)cc2)cc1. The van der Waals surface area contributed by atoms with Gasteiger partial charge in [0.05, 0.1) is 11.8 Å². The zero-order valence-corrected chi connectivity index (χ0v) is 12.9. The molecule has 22 heavy (non-hydrogen) atoms. The van der Waals surface area contributed by atoms with Crippen molar-refractivity contribution in [2.45, 2.75) is 26.2 Å². The summed E-state index contributed by atoms with van der Waals surface area (Å²) in [4.78, 5) is 12.1. The topological polar surface area (TPSA) is 58.9 Å². The number of ether oxygens (including phenoxy) is 1. The second-order valence-corrected chi connectivity index (χ2v) is 6.03. The van der Waals surface area contributed by atoms with Crippen LogP contribution in [0.3, 0.4) is 0 Å². The van der Waals surface area contributed by atoms with Crippen molar-refractivity contribution in [2.24, 2.45) is 5.16 Å². The molecule has 1 N–H and O–H groups in total. The van der Waals surface area contributed by atoms with E-state index in [1.807, 2.05) is 12.1 Å². The summed E-state index contributed by atoms with van der Waals surface area (Å²) < 4.78 is 5.31. The molecule has 2 aromatic carbocycles. The van der Waals surface area contributed by atoms with Gasteiger partial charge in [-0.25, -0.2) is 4.79 Å². The van der Waals surface area contributed by atoms with E-state index < -0.39 is 5.97 Å². The zero-order chi connectivity index (χ0) is 16.2. The molecule has 0 heterocycles. The predicted molar refractivity (Wildman–Crippen MR) is 85.9 cm³/mol. The lowest BCUT2D eigenvalue weighted by atomic mass is 9.87. The van der Waals surface area contributed by atoms with Gasteiger partial charge in [-0.2, -0.15) is 0 Å². The molecule has 0 spiro atoms. The lowest BCUT2D eigenvalue weighted by Gasteiger charge is -2.18. The Morgan fingerprint density at radius 2 is 1.64 bits per heavy atom. The molecule has 0 aromatic heterocycles. The molecule has 0 radical (unpaired) electrons. The molecule has 0 saturated heterocycles. The minimum atomic E-state index is -0.399. The lowest BCUT2D eigenvalue weighted by Crippen LogP contribution is -2.12. The van der Waals surface area contributed by atoms with Gasteiger partial charge >= 0.3 is 5.97 Å². The molecule has 0 fully saturated rings. The van der Waals surface area contributed by atoms with E-state index in [1.165, 1.54) is 6.21 Å². The first-order chi connectivity index (χ1) is 10.4. The molecule has 4 nitrogen and oxygen atoms in total. The van der Waals surface area contributed by atoms with Crippen molar-refractivity contribution < 1.29 is 14.7 Å². The van der Waals surface area contributed by atoms with Gasteiger partial charge in [0.1, 0.15) is 5.75 Å². The van der Waals surface area contributed by atoms with Crippen LogP contribution in [-0.2, 0) is 5.41 Å². The third-order valence-electron chi connectivity index (χ3n) is 3.28. The van der Waals surface area contributed by atoms with E-state index in [9.17, 15) is 4.79 Å². The van der Waals surface area contributed by atoms with Crippen molar-refractivity contribution in [3.8, 4) is 5.75 Å². The number of benzene rings is 2. The highest BCUT2D eigenvalue weighted by molar-refractivity contribution is 5.91. The fraction of sp³-hybridized carbons (Fsp3) is 0.222. The fourth-order valence-electron chi connectivity index (χ4n) is 1.96. The number of oxime groups is 1. The molecule has 0 aliphatic carbocycles. The van der Waals surface area contributed by atoms with Crippen LogP contribution in [0.25, 0.3) is 0 Å². The first kappa shape index (κ1) is 15.8. The molecule has 0 saturated carbocycles. The summed E-state index contributed by atoms with van der Waals surface area (Å²) in [5.41, 5.74) is 2.44. The Kier molecular flexibility index (Phi) is 4.61. The summed E-state index contributed by atoms with van der Waals surface area (Å²) in [6.07, 6.45) is 1.30. The third kappa shape index (κ3) is 3.95. The third-order valence-corrected chi connectivity index (χ3v) is 3.28. The molecule has 0 aliphatic rings. The molecule has 0 unspecified atom stereocenters. The Labute approximate surface area is 130 Å². The second kappa shape index (κ2) is 6.43. The van der Waals surface area contributed by atoms with E-state index in [4.69, 9.17) is 9.94 Å². The van der Waals surface area contributed by atoms with Crippen LogP contribution < -0.4 is 4.74 Å². The van der Waals surface area contributed by atoms with E-state index in [0.29, 0.717) is 11.3 Å². The van der Waals surface area contributed by atoms with E-state index in [2.05, 4.69) is 25.9 Å². The van der Waals surface area contributed by atoms with Crippen molar-refractivity contribution >= 4 is 12.2 Å². The van der Waals surface area contributed by atoms with Gasteiger partial charge in [-0.05, 0) is 52.9 Å². The van der Waals surface area contributed by atoms with E-state index in [-0.39, 0.29) is 5.41 Å². The highest BCUT2D eigenvalue weighted by Gasteiger charge is 2.15. The van der Waals surface area contributed by atoms with Gasteiger partial charge in [-0.15, -0.1) is 0 Å². The standard InChI is InChI=1S/C18H19NO3/c1-18(2,3)15-8-6-14(7-9-15)17(20)22-16-10-4-13(5-11-16)12-19-21/h4-12,21H,1-3H3/b19-12+. The molecule has 2 aromatic rings. The molecule has 4 heteroatoms. The highest BCUT2D eigenvalue weighted by atomic mass is 16.5. The van der Waals surface area contributed by atoms with Crippen molar-refractivity contribution in [2.75, 3.05) is 0 Å². The second-order valence-electron chi connectivity index (χ2n) is 6.03. The number of carbonyl (C=O) groups excluding carboxylic acids is 1. The van der Waals surface area contributed by atoms with Gasteiger partial charge in [0.25, 0.3) is 0 Å². The van der Waals surface area contributed by atoms with Gasteiger partial charge in [0.15, 0.2) is 0 Å². The number of nitrogens with zero attached hydrogens (tertiary/aromatic N) is 1. The number of rotatable bonds is 3. The molecule has 0 bridgehead atoms. The Bertz CT molecular complexity index is 665. The van der Waals surface area contributed by atoms with Crippen LogP contribution in [0.4, 0.5) is 0 Å². The lowest BCUT2D eigenvalue weighted by molar-refractivity contribution is 0.0734. The van der Waals surface area contributed by atoms with Crippen LogP contribution in [0.2, 0.25) is 0 Å². The van der Waals surface area contributed by atoms with Crippen molar-refractivity contribution in [1.82, 2.24) is 0 Å². The molecule has 2 rings (SSSR count). The minimum absolute atomic E-state index is 0.0481. The average Bonchev–Trinajstić information content (AvgIpc) is 2.49. The zero-order valence-electron chi connectivity index (χ0n) is 12.9. The van der Waals surface area contributed by atoms with Crippen LogP contribution in [0.5, 0.6) is 5.75 Å². The highest BCUT2D eigenvalue weighted by Crippen LogP contribution is 2.22. The van der Waals surface area contributed by atoms with Gasteiger partial charge in [-0.3, -0.25) is 0 Å². The van der Waals surface area contributed by atoms with Crippen molar-refractivity contribution in [3.63, 3.8) is 0 Å². The maximum atomic E-state index is 12.1. The largest absolute Gasteiger partial charge is 0.423 e. The van der Waals surface area contributed by atoms with Crippen LogP contribution >= 0.6 is 0 Å². The van der Waals surface area contributed by atoms with Crippen LogP contribution in [0, 0.1) is 0 Å². The fourth-order valence-corrected chi connectivity index (χ4v) is 1.96. The van der Waals surface area contributed by atoms with Crippen LogP contribution in [0.15, 0.2) is 53.7 Å². The first-order valence-corrected chi connectivity index (χ1v) is 7.00. The number of esters is 1. The smallest absolute Gasteiger partial charge is 0.343 e. The van der Waals surface area contributed by atoms with Gasteiger partial charge in [-0.1, -0.05) is 38.1 Å². The van der Waals surface area contributed by atoms with Crippen molar-refractivity contribution in [1.29, 1.82) is 0 Å². The monoisotopic (exact) mass is 297 g/mol. The maximum absolute atomic E-state index is 12.1. The summed E-state index contributed by atoms with van der Waals surface area (Å²) in [7, 11) is 0. The number of carbonyl (C=O) groups is 1. The summed E-state index contributed by atoms with van der Waals surface area (Å²) in [5.74, 6) is 0.0454. The van der Waals surface area contributed by atoms with Gasteiger partial charge in [0, 0.05) is 0 Å². The average molecular weight is 297 g/mol. The first-order valence-electron chi connectivity index (χ1n) is 7.00. The Hall–Kier alpha value is -2.62. The Morgan fingerprint density at radius 3 is 2.14 bits per heavy atom. The molecule has 0 aliphatic heterocycles. The van der Waals surface area contributed by atoms with Crippen LogP contribution in [-0.4, -0.2) is 17.4 Å². The molecule has 0 atom stereocenters. The van der Waals surface area contributed by atoms with Crippen molar-refractivity contribution in [3.05, 3.63) is 65.2 Å². The molecular formula is C18H19NO3. The molecule has 114 valence electrons. The predicted octanol–water partition coefficient (Wildman–Crippen LogP) is 4.01. The van der Waals surface area contributed by atoms with E-state index >= 15 is 0 Å². The maximum Gasteiger partial charge on any atom is 0.343 e. The minimum Gasteiger partial charge on any atom is -0.423 e.